The molecule has 2 aliphatic rings. The number of benzene rings is 1. The molecule has 1 aromatic carbocycles. The summed E-state index contributed by atoms with van der Waals surface area (Å²) in [5.74, 6) is -1.14. The number of fused-ring (bicyclic) bond motifs is 1. The second-order valence-electron chi connectivity index (χ2n) is 6.98. The maximum Gasteiger partial charge on any atom is 0.416 e. The van der Waals surface area contributed by atoms with E-state index < -0.39 is 30.0 Å². The van der Waals surface area contributed by atoms with Crippen molar-refractivity contribution in [2.75, 3.05) is 13.1 Å². The number of hydrogen-bond donors (Lipinski definition) is 0. The van der Waals surface area contributed by atoms with Gasteiger partial charge in [0, 0.05) is 43.7 Å². The highest BCUT2D eigenvalue weighted by Crippen LogP contribution is 2.39. The Bertz CT molecular complexity index is 680. The smallest absolute Gasteiger partial charge is 0.332 e. The summed E-state index contributed by atoms with van der Waals surface area (Å²) in [6.45, 7) is 3.89. The van der Waals surface area contributed by atoms with Crippen LogP contribution in [0.4, 0.5) is 22.0 Å². The predicted molar refractivity (Wildman–Crippen MR) is 81.2 cm³/mol. The molecule has 0 radical (unpaired) electrons. The molecule has 0 N–H and O–H groups in total. The van der Waals surface area contributed by atoms with Gasteiger partial charge in [-0.25, -0.2) is 8.78 Å². The molecular formula is C17H19F5N2O. The zero-order valence-corrected chi connectivity index (χ0v) is 13.9. The Balaban J connectivity index is 1.89. The summed E-state index contributed by atoms with van der Waals surface area (Å²) in [6.07, 6.45) is -6.98. The molecule has 1 fully saturated rings. The van der Waals surface area contributed by atoms with Crippen LogP contribution in [0.15, 0.2) is 12.1 Å². The van der Waals surface area contributed by atoms with E-state index in [-0.39, 0.29) is 43.3 Å². The molecule has 138 valence electrons. The van der Waals surface area contributed by atoms with E-state index in [2.05, 4.69) is 0 Å². The van der Waals surface area contributed by atoms with Crippen LogP contribution >= 0.6 is 0 Å². The van der Waals surface area contributed by atoms with Crippen molar-refractivity contribution >= 4 is 5.91 Å². The first kappa shape index (κ1) is 18.1. The summed E-state index contributed by atoms with van der Waals surface area (Å²) in [5.41, 5.74) is -0.395. The van der Waals surface area contributed by atoms with Crippen LogP contribution in [0.5, 0.6) is 0 Å². The highest BCUT2D eigenvalue weighted by Gasteiger charge is 2.41. The summed E-state index contributed by atoms with van der Waals surface area (Å²) in [5, 5.41) is 0. The third-order valence-electron chi connectivity index (χ3n) is 4.81. The van der Waals surface area contributed by atoms with Crippen molar-refractivity contribution in [3.05, 3.63) is 34.4 Å². The third kappa shape index (κ3) is 3.36. The fraction of sp³-hybridized carbons (Fsp3) is 0.588. The minimum Gasteiger partial charge on any atom is -0.332 e. The first-order valence-electron chi connectivity index (χ1n) is 8.12. The Hall–Kier alpha value is -1.70. The molecule has 1 aromatic rings. The van der Waals surface area contributed by atoms with Crippen LogP contribution in [0.2, 0.25) is 0 Å². The third-order valence-corrected chi connectivity index (χ3v) is 4.81. The summed E-state index contributed by atoms with van der Waals surface area (Å²) >= 11 is 0. The van der Waals surface area contributed by atoms with E-state index in [1.54, 1.807) is 18.7 Å². The van der Waals surface area contributed by atoms with E-state index in [4.69, 9.17) is 0 Å². The molecule has 0 bridgehead atoms. The number of carbonyl (C=O) groups is 1. The number of likely N-dealkylation sites (tertiary alicyclic amines) is 1. The van der Waals surface area contributed by atoms with Crippen LogP contribution in [-0.4, -0.2) is 41.3 Å². The van der Waals surface area contributed by atoms with Gasteiger partial charge < -0.3 is 4.90 Å². The average Bonchev–Trinajstić information content (AvgIpc) is 2.78. The number of amides is 1. The number of rotatable bonds is 4. The van der Waals surface area contributed by atoms with Gasteiger partial charge in [-0.2, -0.15) is 13.2 Å². The lowest BCUT2D eigenvalue weighted by Gasteiger charge is -2.38. The Morgan fingerprint density at radius 3 is 2.36 bits per heavy atom. The Labute approximate surface area is 142 Å². The summed E-state index contributed by atoms with van der Waals surface area (Å²) < 4.78 is 65.4. The standard InChI is InChI=1S/C17H19F5N2O/c1-9(2)24-8-13-12(16(24)25)3-10(4-14(13)17(20,21)22)5-23-6-11(7-23)15(18)19/h3-4,9,11,15H,5-8H2,1-2H3. The molecule has 0 spiro atoms. The normalized spacial score (nSPS) is 19.1. The lowest BCUT2D eigenvalue weighted by Crippen LogP contribution is -2.49. The molecule has 0 atom stereocenters. The highest BCUT2D eigenvalue weighted by molar-refractivity contribution is 5.99. The topological polar surface area (TPSA) is 23.6 Å². The van der Waals surface area contributed by atoms with Crippen LogP contribution in [-0.2, 0) is 19.3 Å². The van der Waals surface area contributed by atoms with Gasteiger partial charge in [0.25, 0.3) is 5.91 Å². The van der Waals surface area contributed by atoms with Crippen LogP contribution in [0.1, 0.15) is 40.9 Å². The van der Waals surface area contributed by atoms with Crippen molar-refractivity contribution in [1.82, 2.24) is 9.80 Å². The van der Waals surface area contributed by atoms with E-state index in [0.29, 0.717) is 5.56 Å². The largest absolute Gasteiger partial charge is 0.416 e. The molecule has 25 heavy (non-hydrogen) atoms. The lowest BCUT2D eigenvalue weighted by molar-refractivity contribution is -0.138. The number of hydrogen-bond acceptors (Lipinski definition) is 2. The van der Waals surface area contributed by atoms with Gasteiger partial charge in [0.15, 0.2) is 0 Å². The SMILES string of the molecule is CC(C)N1Cc2c(cc(CN3CC(C(F)F)C3)cc2C(F)(F)F)C1=O. The van der Waals surface area contributed by atoms with E-state index in [1.165, 1.54) is 11.0 Å². The molecule has 1 amide bonds. The summed E-state index contributed by atoms with van der Waals surface area (Å²) in [7, 11) is 0. The lowest BCUT2D eigenvalue weighted by atomic mass is 9.96. The molecule has 0 aromatic heterocycles. The van der Waals surface area contributed by atoms with Gasteiger partial charge in [-0.05, 0) is 37.1 Å². The summed E-state index contributed by atoms with van der Waals surface area (Å²) in [4.78, 5) is 15.5. The highest BCUT2D eigenvalue weighted by atomic mass is 19.4. The first-order chi connectivity index (χ1) is 11.6. The van der Waals surface area contributed by atoms with E-state index in [1.807, 2.05) is 0 Å². The molecule has 2 aliphatic heterocycles. The van der Waals surface area contributed by atoms with Crippen molar-refractivity contribution < 1.29 is 26.7 Å². The van der Waals surface area contributed by atoms with Crippen molar-refractivity contribution in [2.45, 2.75) is 45.6 Å². The molecule has 2 heterocycles. The second kappa shape index (κ2) is 6.23. The van der Waals surface area contributed by atoms with Crippen molar-refractivity contribution in [3.8, 4) is 0 Å². The first-order valence-corrected chi connectivity index (χ1v) is 8.12. The van der Waals surface area contributed by atoms with Crippen LogP contribution < -0.4 is 0 Å². The van der Waals surface area contributed by atoms with Gasteiger partial charge in [-0.3, -0.25) is 9.69 Å². The second-order valence-corrected chi connectivity index (χ2v) is 6.98. The maximum absolute atomic E-state index is 13.4. The van der Waals surface area contributed by atoms with Crippen molar-refractivity contribution in [1.29, 1.82) is 0 Å². The van der Waals surface area contributed by atoms with Gasteiger partial charge in [-0.1, -0.05) is 0 Å². The number of halogens is 5. The monoisotopic (exact) mass is 362 g/mol. The van der Waals surface area contributed by atoms with Gasteiger partial charge in [0.2, 0.25) is 6.43 Å². The van der Waals surface area contributed by atoms with Crippen molar-refractivity contribution in [2.24, 2.45) is 5.92 Å². The molecule has 3 nitrogen and oxygen atoms in total. The Kier molecular flexibility index (Phi) is 4.51. The van der Waals surface area contributed by atoms with E-state index >= 15 is 0 Å². The van der Waals surface area contributed by atoms with Crippen LogP contribution in [0.25, 0.3) is 0 Å². The molecule has 0 unspecified atom stereocenters. The van der Waals surface area contributed by atoms with Gasteiger partial charge in [0.05, 0.1) is 5.56 Å². The number of carbonyl (C=O) groups excluding carboxylic acids is 1. The molecule has 3 rings (SSSR count). The Morgan fingerprint density at radius 1 is 1.20 bits per heavy atom. The average molecular weight is 362 g/mol. The number of nitrogens with zero attached hydrogens (tertiary/aromatic N) is 2. The number of alkyl halides is 5. The Morgan fingerprint density at radius 2 is 1.84 bits per heavy atom. The van der Waals surface area contributed by atoms with Crippen LogP contribution in [0, 0.1) is 5.92 Å². The van der Waals surface area contributed by atoms with Gasteiger partial charge >= 0.3 is 6.18 Å². The summed E-state index contributed by atoms with van der Waals surface area (Å²) in [6, 6.07) is 2.32. The quantitative estimate of drug-likeness (QED) is 0.762. The fourth-order valence-electron chi connectivity index (χ4n) is 3.41. The molecule has 8 heteroatoms. The van der Waals surface area contributed by atoms with Gasteiger partial charge in [0.1, 0.15) is 0 Å². The molecule has 1 saturated heterocycles. The van der Waals surface area contributed by atoms with E-state index in [0.717, 1.165) is 6.07 Å². The van der Waals surface area contributed by atoms with Gasteiger partial charge in [-0.15, -0.1) is 0 Å². The minimum absolute atomic E-state index is 0.00372. The van der Waals surface area contributed by atoms with E-state index in [9.17, 15) is 26.7 Å². The van der Waals surface area contributed by atoms with Crippen LogP contribution in [0.3, 0.4) is 0 Å². The fourth-order valence-corrected chi connectivity index (χ4v) is 3.41. The predicted octanol–water partition coefficient (Wildman–Crippen LogP) is 3.77. The zero-order valence-electron chi connectivity index (χ0n) is 13.9. The molecule has 0 aliphatic carbocycles. The minimum atomic E-state index is -4.56. The molecule has 0 saturated carbocycles. The zero-order chi connectivity index (χ0) is 18.5. The molecular weight excluding hydrogens is 343 g/mol. The van der Waals surface area contributed by atoms with Crippen molar-refractivity contribution in [3.63, 3.8) is 0 Å². The maximum atomic E-state index is 13.4.